The van der Waals surface area contributed by atoms with Crippen LogP contribution in [0.15, 0.2) is 29.2 Å². The van der Waals surface area contributed by atoms with Gasteiger partial charge in [0.2, 0.25) is 21.8 Å². The summed E-state index contributed by atoms with van der Waals surface area (Å²) in [6, 6.07) is 5.45. The molecule has 2 aliphatic heterocycles. The van der Waals surface area contributed by atoms with Crippen molar-refractivity contribution in [2.24, 2.45) is 5.73 Å². The monoisotopic (exact) mass is 309 g/mol. The van der Waals surface area contributed by atoms with Gasteiger partial charge in [-0.3, -0.25) is 9.59 Å². The molecule has 2 amide bonds. The van der Waals surface area contributed by atoms with E-state index in [2.05, 4.69) is 0 Å². The van der Waals surface area contributed by atoms with Crippen LogP contribution in [0, 0.1) is 0 Å². The minimum absolute atomic E-state index is 0.0454. The lowest BCUT2D eigenvalue weighted by molar-refractivity contribution is -0.124. The number of anilines is 1. The van der Waals surface area contributed by atoms with Crippen molar-refractivity contribution in [1.82, 2.24) is 4.31 Å². The van der Waals surface area contributed by atoms with Gasteiger partial charge in [0.25, 0.3) is 0 Å². The number of carbonyl (C=O) groups is 2. The maximum atomic E-state index is 12.7. The molecule has 8 heteroatoms. The maximum Gasteiger partial charge on any atom is 0.245 e. The zero-order chi connectivity index (χ0) is 15.2. The first kappa shape index (κ1) is 14.0. The van der Waals surface area contributed by atoms with Crippen molar-refractivity contribution in [3.63, 3.8) is 0 Å². The summed E-state index contributed by atoms with van der Waals surface area (Å²) in [5.74, 6) is -1.07. The molecule has 2 heterocycles. The molecule has 1 unspecified atom stereocenters. The molecule has 2 N–H and O–H groups in total. The minimum atomic E-state index is -3.74. The fourth-order valence-corrected chi connectivity index (χ4v) is 4.76. The fourth-order valence-electron chi connectivity index (χ4n) is 2.92. The van der Waals surface area contributed by atoms with Crippen LogP contribution in [0.25, 0.3) is 0 Å². The summed E-state index contributed by atoms with van der Waals surface area (Å²) in [4.78, 5) is 25.1. The summed E-state index contributed by atoms with van der Waals surface area (Å²) in [6.07, 6.45) is 1.09. The van der Waals surface area contributed by atoms with Crippen LogP contribution in [-0.2, 0) is 19.6 Å². The second-order valence-corrected chi connectivity index (χ2v) is 6.99. The highest BCUT2D eigenvalue weighted by Gasteiger charge is 2.46. The Morgan fingerprint density at radius 3 is 2.76 bits per heavy atom. The minimum Gasteiger partial charge on any atom is -0.368 e. The van der Waals surface area contributed by atoms with Gasteiger partial charge in [-0.1, -0.05) is 12.1 Å². The predicted octanol–water partition coefficient (Wildman–Crippen LogP) is -0.328. The molecular formula is C13H15N3O4S. The highest BCUT2D eigenvalue weighted by atomic mass is 32.2. The van der Waals surface area contributed by atoms with Crippen molar-refractivity contribution in [2.75, 3.05) is 18.0 Å². The highest BCUT2D eigenvalue weighted by Crippen LogP contribution is 2.36. The standard InChI is InChI=1S/C13H15N3O4S/c14-12(17)8-15-9-4-1-2-6-11(9)21(19,20)16-7-3-5-10(16)13(15)18/h1-2,4,6,10H,3,5,7-8H2,(H2,14,17). The van der Waals surface area contributed by atoms with E-state index in [1.54, 1.807) is 12.1 Å². The van der Waals surface area contributed by atoms with E-state index < -0.39 is 22.0 Å². The van der Waals surface area contributed by atoms with E-state index in [0.717, 1.165) is 0 Å². The second-order valence-electron chi connectivity index (χ2n) is 5.13. The van der Waals surface area contributed by atoms with Gasteiger partial charge < -0.3 is 10.6 Å². The van der Waals surface area contributed by atoms with Crippen LogP contribution < -0.4 is 10.6 Å². The van der Waals surface area contributed by atoms with Crippen molar-refractivity contribution >= 4 is 27.5 Å². The summed E-state index contributed by atoms with van der Waals surface area (Å²) in [5.41, 5.74) is 5.42. The first-order chi connectivity index (χ1) is 9.93. The maximum absolute atomic E-state index is 12.7. The zero-order valence-corrected chi connectivity index (χ0v) is 12.0. The molecule has 1 aromatic carbocycles. The molecule has 1 fully saturated rings. The number of carbonyl (C=O) groups excluding carboxylic acids is 2. The van der Waals surface area contributed by atoms with Crippen LogP contribution in [0.4, 0.5) is 5.69 Å². The Labute approximate surface area is 122 Å². The Kier molecular flexibility index (Phi) is 3.22. The van der Waals surface area contributed by atoms with E-state index in [4.69, 9.17) is 5.73 Å². The fraction of sp³-hybridized carbons (Fsp3) is 0.385. The lowest BCUT2D eigenvalue weighted by Crippen LogP contribution is -2.47. The third-order valence-corrected chi connectivity index (χ3v) is 5.77. The SMILES string of the molecule is NC(=O)CN1C(=O)C2CCCN2S(=O)(=O)c2ccccc21. The largest absolute Gasteiger partial charge is 0.368 e. The summed E-state index contributed by atoms with van der Waals surface area (Å²) >= 11 is 0. The van der Waals surface area contributed by atoms with Crippen LogP contribution in [0.1, 0.15) is 12.8 Å². The zero-order valence-electron chi connectivity index (χ0n) is 11.2. The van der Waals surface area contributed by atoms with Crippen LogP contribution in [0.3, 0.4) is 0 Å². The van der Waals surface area contributed by atoms with Gasteiger partial charge in [0, 0.05) is 6.54 Å². The Morgan fingerprint density at radius 2 is 2.05 bits per heavy atom. The molecule has 3 rings (SSSR count). The molecule has 1 aromatic rings. The highest BCUT2D eigenvalue weighted by molar-refractivity contribution is 7.89. The van der Waals surface area contributed by atoms with E-state index in [-0.39, 0.29) is 23.0 Å². The van der Waals surface area contributed by atoms with Crippen LogP contribution in [0.5, 0.6) is 0 Å². The van der Waals surface area contributed by atoms with Crippen molar-refractivity contribution in [2.45, 2.75) is 23.8 Å². The average molecular weight is 309 g/mol. The normalized spacial score (nSPS) is 24.3. The molecule has 0 radical (unpaired) electrons. The molecule has 7 nitrogen and oxygen atoms in total. The first-order valence-corrected chi connectivity index (χ1v) is 8.07. The summed E-state index contributed by atoms with van der Waals surface area (Å²) in [5, 5.41) is 0. The summed E-state index contributed by atoms with van der Waals surface area (Å²) < 4.78 is 26.7. The predicted molar refractivity (Wildman–Crippen MR) is 74.9 cm³/mol. The van der Waals surface area contributed by atoms with E-state index >= 15 is 0 Å². The van der Waals surface area contributed by atoms with Crippen molar-refractivity contribution in [3.05, 3.63) is 24.3 Å². The Balaban J connectivity index is 2.23. The molecule has 0 aliphatic carbocycles. The molecule has 0 saturated carbocycles. The number of nitrogens with zero attached hydrogens (tertiary/aromatic N) is 2. The summed E-state index contributed by atoms with van der Waals surface area (Å²) in [6.45, 7) is -0.00675. The van der Waals surface area contributed by atoms with Crippen molar-refractivity contribution in [3.8, 4) is 0 Å². The number of sulfonamides is 1. The molecule has 21 heavy (non-hydrogen) atoms. The quantitative estimate of drug-likeness (QED) is 0.808. The molecule has 1 atom stereocenters. The van der Waals surface area contributed by atoms with Gasteiger partial charge in [0.1, 0.15) is 17.5 Å². The lowest BCUT2D eigenvalue weighted by atomic mass is 10.2. The van der Waals surface area contributed by atoms with Gasteiger partial charge >= 0.3 is 0 Å². The van der Waals surface area contributed by atoms with E-state index in [1.165, 1.54) is 21.3 Å². The topological polar surface area (TPSA) is 101 Å². The number of amides is 2. The molecule has 0 bridgehead atoms. The molecule has 1 saturated heterocycles. The number of rotatable bonds is 2. The van der Waals surface area contributed by atoms with Gasteiger partial charge in [0.15, 0.2) is 0 Å². The molecule has 0 spiro atoms. The average Bonchev–Trinajstić information content (AvgIpc) is 2.92. The second kappa shape index (κ2) is 4.81. The molecule has 112 valence electrons. The molecule has 2 aliphatic rings. The van der Waals surface area contributed by atoms with Gasteiger partial charge in [0.05, 0.1) is 5.69 Å². The number of para-hydroxylation sites is 1. The Hall–Kier alpha value is -1.93. The van der Waals surface area contributed by atoms with Crippen molar-refractivity contribution in [1.29, 1.82) is 0 Å². The molecular weight excluding hydrogens is 294 g/mol. The number of primary amides is 1. The number of nitrogens with two attached hydrogens (primary N) is 1. The van der Waals surface area contributed by atoms with Crippen LogP contribution in [-0.4, -0.2) is 43.7 Å². The third-order valence-electron chi connectivity index (χ3n) is 3.81. The van der Waals surface area contributed by atoms with E-state index in [9.17, 15) is 18.0 Å². The summed E-state index contributed by atoms with van der Waals surface area (Å²) in [7, 11) is -3.74. The first-order valence-electron chi connectivity index (χ1n) is 6.63. The van der Waals surface area contributed by atoms with Crippen molar-refractivity contribution < 1.29 is 18.0 Å². The Bertz CT molecular complexity index is 716. The van der Waals surface area contributed by atoms with E-state index in [0.29, 0.717) is 19.4 Å². The molecule has 0 aromatic heterocycles. The number of hydrogen-bond acceptors (Lipinski definition) is 4. The lowest BCUT2D eigenvalue weighted by Gasteiger charge is -2.23. The number of benzene rings is 1. The van der Waals surface area contributed by atoms with E-state index in [1.807, 2.05) is 0 Å². The van der Waals surface area contributed by atoms with Gasteiger partial charge in [-0.25, -0.2) is 8.42 Å². The third kappa shape index (κ3) is 2.11. The number of hydrogen-bond donors (Lipinski definition) is 1. The van der Waals surface area contributed by atoms with Crippen LogP contribution >= 0.6 is 0 Å². The smallest absolute Gasteiger partial charge is 0.245 e. The Morgan fingerprint density at radius 1 is 1.33 bits per heavy atom. The van der Waals surface area contributed by atoms with Crippen LogP contribution in [0.2, 0.25) is 0 Å². The van der Waals surface area contributed by atoms with Gasteiger partial charge in [-0.15, -0.1) is 0 Å². The van der Waals surface area contributed by atoms with Gasteiger partial charge in [-0.05, 0) is 25.0 Å². The van der Waals surface area contributed by atoms with Gasteiger partial charge in [-0.2, -0.15) is 4.31 Å². The number of fused-ring (bicyclic) bond motifs is 2.